The summed E-state index contributed by atoms with van der Waals surface area (Å²) in [5, 5.41) is 15.1. The summed E-state index contributed by atoms with van der Waals surface area (Å²) in [7, 11) is 0. The Labute approximate surface area is 193 Å². The molecule has 2 N–H and O–H groups in total. The van der Waals surface area contributed by atoms with Crippen LogP contribution in [0, 0.1) is 13.8 Å². The van der Waals surface area contributed by atoms with Gasteiger partial charge in [0.25, 0.3) is 5.91 Å². The van der Waals surface area contributed by atoms with Crippen molar-refractivity contribution in [2.24, 2.45) is 0 Å². The van der Waals surface area contributed by atoms with Gasteiger partial charge in [0, 0.05) is 12.6 Å². The number of carbonyl (C=O) groups excluding carboxylic acids is 2. The molecule has 1 aromatic carbocycles. The second kappa shape index (κ2) is 11.9. The lowest BCUT2D eigenvalue weighted by Gasteiger charge is -2.22. The molecule has 2 aromatic rings. The first-order valence-corrected chi connectivity index (χ1v) is 12.3. The average molecular weight is 460 g/mol. The van der Waals surface area contributed by atoms with E-state index in [-0.39, 0.29) is 25.0 Å². The van der Waals surface area contributed by atoms with E-state index in [4.69, 9.17) is 4.74 Å². The molecule has 1 aromatic heterocycles. The van der Waals surface area contributed by atoms with Gasteiger partial charge in [0.1, 0.15) is 5.75 Å². The number of amides is 2. The highest BCUT2D eigenvalue weighted by Crippen LogP contribution is 2.22. The van der Waals surface area contributed by atoms with Crippen LogP contribution in [0.2, 0.25) is 0 Å². The quantitative estimate of drug-likeness (QED) is 0.530. The molecule has 0 atom stereocenters. The Morgan fingerprint density at radius 3 is 2.53 bits per heavy atom. The van der Waals surface area contributed by atoms with Crippen LogP contribution in [0.3, 0.4) is 0 Å². The first kappa shape index (κ1) is 24.1. The number of carbonyl (C=O) groups is 2. The van der Waals surface area contributed by atoms with Crippen molar-refractivity contribution in [3.05, 3.63) is 35.2 Å². The predicted molar refractivity (Wildman–Crippen MR) is 125 cm³/mol. The fourth-order valence-corrected chi connectivity index (χ4v) is 4.75. The number of hydrogen-bond acceptors (Lipinski definition) is 6. The summed E-state index contributed by atoms with van der Waals surface area (Å²) < 4.78 is 7.63. The Bertz CT molecular complexity index is 904. The summed E-state index contributed by atoms with van der Waals surface area (Å²) in [4.78, 5) is 24.6. The maximum atomic E-state index is 12.3. The van der Waals surface area contributed by atoms with Crippen LogP contribution in [-0.2, 0) is 22.7 Å². The molecule has 32 heavy (non-hydrogen) atoms. The number of nitrogens with zero attached hydrogens (tertiary/aromatic N) is 3. The van der Waals surface area contributed by atoms with E-state index in [1.54, 1.807) is 0 Å². The van der Waals surface area contributed by atoms with Crippen LogP contribution < -0.4 is 15.4 Å². The van der Waals surface area contributed by atoms with Gasteiger partial charge in [0.15, 0.2) is 17.6 Å². The summed E-state index contributed by atoms with van der Waals surface area (Å²) in [6.07, 6.45) is 5.77. The van der Waals surface area contributed by atoms with E-state index in [9.17, 15) is 9.59 Å². The lowest BCUT2D eigenvalue weighted by atomic mass is 9.95. The summed E-state index contributed by atoms with van der Waals surface area (Å²) in [6, 6.07) is 6.18. The third-order valence-electron chi connectivity index (χ3n) is 5.61. The average Bonchev–Trinajstić information content (AvgIpc) is 3.18. The topological polar surface area (TPSA) is 98.1 Å². The van der Waals surface area contributed by atoms with E-state index in [0.29, 0.717) is 29.3 Å². The van der Waals surface area contributed by atoms with E-state index in [2.05, 4.69) is 20.8 Å². The standard InChI is InChI=1S/C23H33N5O3S/c1-4-28-19(13-24-20(29)14-31-22-16(2)9-8-10-17(22)3)26-27-23(28)32-15-21(30)25-18-11-6-5-7-12-18/h8-10,18H,4-7,11-15H2,1-3H3,(H,24,29)(H,25,30). The van der Waals surface area contributed by atoms with Gasteiger partial charge in [-0.05, 0) is 44.7 Å². The van der Waals surface area contributed by atoms with Crippen LogP contribution >= 0.6 is 11.8 Å². The molecule has 0 radical (unpaired) electrons. The molecule has 8 nitrogen and oxygen atoms in total. The zero-order chi connectivity index (χ0) is 22.9. The highest BCUT2D eigenvalue weighted by atomic mass is 32.2. The number of para-hydroxylation sites is 1. The van der Waals surface area contributed by atoms with Crippen LogP contribution in [0.1, 0.15) is 56.0 Å². The molecular weight excluding hydrogens is 426 g/mol. The summed E-state index contributed by atoms with van der Waals surface area (Å²) in [5.74, 6) is 1.52. The summed E-state index contributed by atoms with van der Waals surface area (Å²) >= 11 is 1.37. The Morgan fingerprint density at radius 1 is 1.12 bits per heavy atom. The molecule has 0 unspecified atom stereocenters. The number of ether oxygens (including phenoxy) is 1. The molecule has 0 aliphatic heterocycles. The number of nitrogens with one attached hydrogen (secondary N) is 2. The fraction of sp³-hybridized carbons (Fsp3) is 0.565. The van der Waals surface area contributed by atoms with E-state index in [1.807, 2.05) is 43.5 Å². The van der Waals surface area contributed by atoms with Crippen LogP contribution in [0.4, 0.5) is 0 Å². The number of aryl methyl sites for hydroxylation is 2. The molecule has 0 spiro atoms. The maximum absolute atomic E-state index is 12.3. The van der Waals surface area contributed by atoms with Crippen LogP contribution in [-0.4, -0.2) is 45.0 Å². The van der Waals surface area contributed by atoms with Crippen molar-refractivity contribution < 1.29 is 14.3 Å². The Kier molecular flexibility index (Phi) is 8.96. The second-order valence-electron chi connectivity index (χ2n) is 8.12. The zero-order valence-corrected chi connectivity index (χ0v) is 20.0. The molecule has 9 heteroatoms. The Hall–Kier alpha value is -2.55. The van der Waals surface area contributed by atoms with E-state index in [1.165, 1.54) is 31.0 Å². The fourth-order valence-electron chi connectivity index (χ4n) is 3.91. The van der Waals surface area contributed by atoms with Crippen molar-refractivity contribution in [3.8, 4) is 5.75 Å². The minimum absolute atomic E-state index is 0.0334. The second-order valence-corrected chi connectivity index (χ2v) is 9.06. The minimum atomic E-state index is -0.223. The van der Waals surface area contributed by atoms with Gasteiger partial charge in [-0.1, -0.05) is 49.2 Å². The first-order valence-electron chi connectivity index (χ1n) is 11.3. The Balaban J connectivity index is 1.46. The minimum Gasteiger partial charge on any atom is -0.483 e. The van der Waals surface area contributed by atoms with Crippen molar-refractivity contribution >= 4 is 23.6 Å². The van der Waals surface area contributed by atoms with Gasteiger partial charge in [0.05, 0.1) is 12.3 Å². The highest BCUT2D eigenvalue weighted by molar-refractivity contribution is 7.99. The molecule has 0 saturated heterocycles. The van der Waals surface area contributed by atoms with Crippen LogP contribution in [0.25, 0.3) is 0 Å². The predicted octanol–water partition coefficient (Wildman–Crippen LogP) is 3.15. The molecular formula is C23H33N5O3S. The number of hydrogen-bond donors (Lipinski definition) is 2. The van der Waals surface area contributed by atoms with Gasteiger partial charge in [-0.25, -0.2) is 0 Å². The zero-order valence-electron chi connectivity index (χ0n) is 19.1. The largest absolute Gasteiger partial charge is 0.483 e. The molecule has 0 bridgehead atoms. The monoisotopic (exact) mass is 459 g/mol. The van der Waals surface area contributed by atoms with Gasteiger partial charge >= 0.3 is 0 Å². The molecule has 1 aliphatic carbocycles. The molecule has 1 fully saturated rings. The van der Waals surface area contributed by atoms with Crippen molar-refractivity contribution in [2.45, 2.75) is 77.2 Å². The third kappa shape index (κ3) is 6.72. The molecule has 2 amide bonds. The van der Waals surface area contributed by atoms with Gasteiger partial charge < -0.3 is 19.9 Å². The number of benzene rings is 1. The van der Waals surface area contributed by atoms with E-state index >= 15 is 0 Å². The molecule has 1 heterocycles. The SMILES string of the molecule is CCn1c(CNC(=O)COc2c(C)cccc2C)nnc1SCC(=O)NC1CCCCC1. The first-order chi connectivity index (χ1) is 15.5. The van der Waals surface area contributed by atoms with Crippen LogP contribution in [0.15, 0.2) is 23.4 Å². The third-order valence-corrected chi connectivity index (χ3v) is 6.58. The van der Waals surface area contributed by atoms with Crippen molar-refractivity contribution in [1.82, 2.24) is 25.4 Å². The summed E-state index contributed by atoms with van der Waals surface area (Å²) in [5.41, 5.74) is 2.00. The molecule has 3 rings (SSSR count). The molecule has 1 aliphatic rings. The normalized spacial score (nSPS) is 14.2. The van der Waals surface area contributed by atoms with Crippen molar-refractivity contribution in [2.75, 3.05) is 12.4 Å². The number of thioether (sulfide) groups is 1. The Morgan fingerprint density at radius 2 is 1.84 bits per heavy atom. The summed E-state index contributed by atoms with van der Waals surface area (Å²) in [6.45, 7) is 6.76. The molecule has 174 valence electrons. The lowest BCUT2D eigenvalue weighted by Crippen LogP contribution is -2.37. The highest BCUT2D eigenvalue weighted by Gasteiger charge is 2.18. The van der Waals surface area contributed by atoms with E-state index in [0.717, 1.165) is 29.7 Å². The van der Waals surface area contributed by atoms with Crippen molar-refractivity contribution in [3.63, 3.8) is 0 Å². The van der Waals surface area contributed by atoms with Crippen LogP contribution in [0.5, 0.6) is 5.75 Å². The molecule has 1 saturated carbocycles. The van der Waals surface area contributed by atoms with E-state index < -0.39 is 0 Å². The lowest BCUT2D eigenvalue weighted by molar-refractivity contribution is -0.123. The number of aromatic nitrogens is 3. The van der Waals surface area contributed by atoms with Gasteiger partial charge in [0.2, 0.25) is 5.91 Å². The van der Waals surface area contributed by atoms with Crippen molar-refractivity contribution in [1.29, 1.82) is 0 Å². The van der Waals surface area contributed by atoms with Gasteiger partial charge in [-0.2, -0.15) is 0 Å². The smallest absolute Gasteiger partial charge is 0.258 e. The van der Waals surface area contributed by atoms with Gasteiger partial charge in [-0.15, -0.1) is 10.2 Å². The maximum Gasteiger partial charge on any atom is 0.258 e. The van der Waals surface area contributed by atoms with Gasteiger partial charge in [-0.3, -0.25) is 9.59 Å². The number of rotatable bonds is 10.